The Morgan fingerprint density at radius 2 is 2.33 bits per heavy atom. The SMILES string of the molecule is CC(=O)NCC(=O)Nc1nc2c(s1)C[C@@H](N)CC2. The van der Waals surface area contributed by atoms with Crippen molar-refractivity contribution in [2.75, 3.05) is 11.9 Å². The highest BCUT2D eigenvalue weighted by atomic mass is 32.1. The van der Waals surface area contributed by atoms with Crippen LogP contribution in [-0.2, 0) is 22.4 Å². The van der Waals surface area contributed by atoms with Crippen LogP contribution in [0.4, 0.5) is 5.13 Å². The second-order valence-electron chi connectivity index (χ2n) is 4.35. The Labute approximate surface area is 109 Å². The summed E-state index contributed by atoms with van der Waals surface area (Å²) >= 11 is 1.47. The summed E-state index contributed by atoms with van der Waals surface area (Å²) in [6, 6.07) is 0.195. The van der Waals surface area contributed by atoms with Crippen molar-refractivity contribution < 1.29 is 9.59 Å². The zero-order chi connectivity index (χ0) is 13.1. The van der Waals surface area contributed by atoms with Crippen LogP contribution in [-0.4, -0.2) is 29.4 Å². The predicted octanol–water partition coefficient (Wildman–Crippen LogP) is 0.0337. The van der Waals surface area contributed by atoms with E-state index in [0.29, 0.717) is 5.13 Å². The standard InChI is InChI=1S/C11H16N4O2S/c1-6(16)13-5-10(17)15-11-14-8-3-2-7(12)4-9(8)18-11/h7H,2-5,12H2,1H3,(H,13,16)(H,14,15,17)/t7-/m0/s1. The fourth-order valence-corrected chi connectivity index (χ4v) is 2.94. The zero-order valence-corrected chi connectivity index (χ0v) is 11.0. The van der Waals surface area contributed by atoms with Gasteiger partial charge in [-0.05, 0) is 19.3 Å². The van der Waals surface area contributed by atoms with Crippen LogP contribution in [0.25, 0.3) is 0 Å². The molecule has 1 aromatic rings. The van der Waals surface area contributed by atoms with E-state index in [1.165, 1.54) is 18.3 Å². The molecule has 0 spiro atoms. The van der Waals surface area contributed by atoms with E-state index in [9.17, 15) is 9.59 Å². The van der Waals surface area contributed by atoms with E-state index in [4.69, 9.17) is 5.73 Å². The van der Waals surface area contributed by atoms with Gasteiger partial charge in [0.15, 0.2) is 5.13 Å². The van der Waals surface area contributed by atoms with Crippen molar-refractivity contribution in [2.45, 2.75) is 32.2 Å². The Morgan fingerprint density at radius 1 is 1.56 bits per heavy atom. The minimum atomic E-state index is -0.263. The number of rotatable bonds is 3. The van der Waals surface area contributed by atoms with Gasteiger partial charge in [0, 0.05) is 17.8 Å². The maximum Gasteiger partial charge on any atom is 0.245 e. The number of hydrogen-bond donors (Lipinski definition) is 3. The number of aromatic nitrogens is 1. The van der Waals surface area contributed by atoms with Gasteiger partial charge in [0.2, 0.25) is 11.8 Å². The molecule has 0 fully saturated rings. The molecule has 0 radical (unpaired) electrons. The summed E-state index contributed by atoms with van der Waals surface area (Å²) < 4.78 is 0. The zero-order valence-electron chi connectivity index (χ0n) is 10.2. The number of carbonyl (C=O) groups is 2. The highest BCUT2D eigenvalue weighted by Gasteiger charge is 2.20. The van der Waals surface area contributed by atoms with E-state index in [1.54, 1.807) is 0 Å². The molecule has 4 N–H and O–H groups in total. The van der Waals surface area contributed by atoms with Crippen LogP contribution in [0.3, 0.4) is 0 Å². The number of amides is 2. The van der Waals surface area contributed by atoms with Gasteiger partial charge >= 0.3 is 0 Å². The number of carbonyl (C=O) groups excluding carboxylic acids is 2. The number of nitrogens with two attached hydrogens (primary N) is 1. The number of aryl methyl sites for hydroxylation is 1. The Kier molecular flexibility index (Phi) is 3.93. The van der Waals surface area contributed by atoms with Gasteiger partial charge in [-0.25, -0.2) is 4.98 Å². The maximum absolute atomic E-state index is 11.5. The van der Waals surface area contributed by atoms with Crippen molar-refractivity contribution in [3.8, 4) is 0 Å². The quantitative estimate of drug-likeness (QED) is 0.720. The molecule has 1 aliphatic carbocycles. The van der Waals surface area contributed by atoms with Crippen molar-refractivity contribution >= 4 is 28.3 Å². The second-order valence-corrected chi connectivity index (χ2v) is 5.43. The van der Waals surface area contributed by atoms with E-state index >= 15 is 0 Å². The summed E-state index contributed by atoms with van der Waals surface area (Å²) in [5.41, 5.74) is 6.92. The van der Waals surface area contributed by atoms with Crippen LogP contribution in [0.1, 0.15) is 23.9 Å². The Hall–Kier alpha value is -1.47. The molecule has 0 unspecified atom stereocenters. The lowest BCUT2D eigenvalue weighted by molar-refractivity contribution is -0.122. The third-order valence-corrected chi connectivity index (χ3v) is 3.76. The molecule has 7 heteroatoms. The van der Waals surface area contributed by atoms with Crippen molar-refractivity contribution in [2.24, 2.45) is 5.73 Å². The van der Waals surface area contributed by atoms with E-state index in [1.807, 2.05) is 0 Å². The minimum absolute atomic E-state index is 0.0287. The molecule has 0 saturated heterocycles. The van der Waals surface area contributed by atoms with Crippen LogP contribution in [0.2, 0.25) is 0 Å². The largest absolute Gasteiger partial charge is 0.347 e. The molecule has 18 heavy (non-hydrogen) atoms. The highest BCUT2D eigenvalue weighted by molar-refractivity contribution is 7.15. The maximum atomic E-state index is 11.5. The lowest BCUT2D eigenvalue weighted by Crippen LogP contribution is -2.31. The topological polar surface area (TPSA) is 97.1 Å². The molecule has 0 aromatic carbocycles. The predicted molar refractivity (Wildman–Crippen MR) is 69.4 cm³/mol. The van der Waals surface area contributed by atoms with E-state index in [0.717, 1.165) is 29.8 Å². The van der Waals surface area contributed by atoms with E-state index in [2.05, 4.69) is 15.6 Å². The average molecular weight is 268 g/mol. The summed E-state index contributed by atoms with van der Waals surface area (Å²) in [5, 5.41) is 5.71. The molecule has 98 valence electrons. The normalized spacial score (nSPS) is 18.0. The number of anilines is 1. The summed E-state index contributed by atoms with van der Waals surface area (Å²) in [6.07, 6.45) is 2.64. The first-order chi connectivity index (χ1) is 8.54. The van der Waals surface area contributed by atoms with Gasteiger partial charge < -0.3 is 16.4 Å². The number of nitrogens with zero attached hydrogens (tertiary/aromatic N) is 1. The molecule has 0 aliphatic heterocycles. The van der Waals surface area contributed by atoms with Crippen LogP contribution >= 0.6 is 11.3 Å². The van der Waals surface area contributed by atoms with Gasteiger partial charge in [-0.15, -0.1) is 11.3 Å². The number of thiazole rings is 1. The van der Waals surface area contributed by atoms with E-state index in [-0.39, 0.29) is 24.4 Å². The van der Waals surface area contributed by atoms with Crippen molar-refractivity contribution in [1.82, 2.24) is 10.3 Å². The Balaban J connectivity index is 1.94. The number of nitrogens with one attached hydrogen (secondary N) is 2. The van der Waals surface area contributed by atoms with Gasteiger partial charge in [-0.3, -0.25) is 9.59 Å². The molecular formula is C11H16N4O2S. The third-order valence-electron chi connectivity index (χ3n) is 2.72. The molecule has 1 aliphatic rings. The lowest BCUT2D eigenvalue weighted by atomic mass is 9.99. The van der Waals surface area contributed by atoms with Gasteiger partial charge in [0.05, 0.1) is 12.2 Å². The van der Waals surface area contributed by atoms with Crippen LogP contribution in [0.5, 0.6) is 0 Å². The first kappa shape index (κ1) is 13.0. The Morgan fingerprint density at radius 3 is 3.06 bits per heavy atom. The van der Waals surface area contributed by atoms with Gasteiger partial charge in [-0.1, -0.05) is 0 Å². The number of fused-ring (bicyclic) bond motifs is 1. The molecule has 1 heterocycles. The average Bonchev–Trinajstić information content (AvgIpc) is 2.67. The van der Waals surface area contributed by atoms with Crippen LogP contribution < -0.4 is 16.4 Å². The monoisotopic (exact) mass is 268 g/mol. The molecule has 0 saturated carbocycles. The van der Waals surface area contributed by atoms with E-state index < -0.39 is 0 Å². The smallest absolute Gasteiger partial charge is 0.245 e. The minimum Gasteiger partial charge on any atom is -0.347 e. The number of hydrogen-bond acceptors (Lipinski definition) is 5. The van der Waals surface area contributed by atoms with Gasteiger partial charge in [0.25, 0.3) is 0 Å². The molecular weight excluding hydrogens is 252 g/mol. The summed E-state index contributed by atoms with van der Waals surface area (Å²) in [4.78, 5) is 27.7. The van der Waals surface area contributed by atoms with Gasteiger partial charge in [0.1, 0.15) is 0 Å². The summed E-state index contributed by atoms with van der Waals surface area (Å²) in [7, 11) is 0. The molecule has 2 rings (SSSR count). The fourth-order valence-electron chi connectivity index (χ4n) is 1.82. The second kappa shape index (κ2) is 5.45. The molecule has 1 aromatic heterocycles. The molecule has 1 atom stereocenters. The van der Waals surface area contributed by atoms with Crippen LogP contribution in [0.15, 0.2) is 0 Å². The highest BCUT2D eigenvalue weighted by Crippen LogP contribution is 2.29. The lowest BCUT2D eigenvalue weighted by Gasteiger charge is -2.15. The third kappa shape index (κ3) is 3.27. The molecule has 6 nitrogen and oxygen atoms in total. The molecule has 0 bridgehead atoms. The van der Waals surface area contributed by atoms with Crippen molar-refractivity contribution in [1.29, 1.82) is 0 Å². The molecule has 2 amide bonds. The Bertz CT molecular complexity index is 472. The first-order valence-corrected chi connectivity index (χ1v) is 6.64. The summed E-state index contributed by atoms with van der Waals surface area (Å²) in [6.45, 7) is 1.34. The summed E-state index contributed by atoms with van der Waals surface area (Å²) in [5.74, 6) is -0.491. The van der Waals surface area contributed by atoms with Crippen molar-refractivity contribution in [3.05, 3.63) is 10.6 Å². The fraction of sp³-hybridized carbons (Fsp3) is 0.545. The van der Waals surface area contributed by atoms with Crippen LogP contribution in [0, 0.1) is 0 Å². The first-order valence-electron chi connectivity index (χ1n) is 5.83. The van der Waals surface area contributed by atoms with Gasteiger partial charge in [-0.2, -0.15) is 0 Å². The van der Waals surface area contributed by atoms with Crippen molar-refractivity contribution in [3.63, 3.8) is 0 Å².